The molecule has 0 fully saturated rings. The van der Waals surface area contributed by atoms with Crippen LogP contribution in [0.25, 0.3) is 0 Å². The van der Waals surface area contributed by atoms with Crippen LogP contribution in [0.1, 0.15) is 22.3 Å². The minimum Gasteiger partial charge on any atom is -0.454 e. The molecule has 0 bridgehead atoms. The van der Waals surface area contributed by atoms with E-state index in [0.717, 1.165) is 22.3 Å². The number of carbonyl (C=O) groups is 1. The largest absolute Gasteiger partial charge is 0.454 e. The van der Waals surface area contributed by atoms with Crippen molar-refractivity contribution in [2.24, 2.45) is 21.0 Å². The number of rotatable bonds is 3. The second-order valence-electron chi connectivity index (χ2n) is 6.38. The highest BCUT2D eigenvalue weighted by Crippen LogP contribution is 2.36. The van der Waals surface area contributed by atoms with Crippen molar-refractivity contribution in [2.45, 2.75) is 13.3 Å². The molecule has 2 aliphatic rings. The van der Waals surface area contributed by atoms with Crippen molar-refractivity contribution in [1.29, 1.82) is 0 Å². The van der Waals surface area contributed by atoms with Crippen molar-refractivity contribution in [3.05, 3.63) is 52.6 Å². The number of nitrogens with two attached hydrogens (primary N) is 2. The Bertz CT molecular complexity index is 1060. The number of hydrazone groups is 1. The molecule has 2 heterocycles. The van der Waals surface area contributed by atoms with Gasteiger partial charge in [-0.05, 0) is 42.3 Å². The maximum absolute atomic E-state index is 10.8. The molecule has 9 heteroatoms. The fourth-order valence-electron chi connectivity index (χ4n) is 3.03. The van der Waals surface area contributed by atoms with E-state index in [4.69, 9.17) is 20.9 Å². The summed E-state index contributed by atoms with van der Waals surface area (Å²) in [7, 11) is 0. The number of hydrogen-bond acceptors (Lipinski definition) is 7. The Morgan fingerprint density at radius 1 is 1.21 bits per heavy atom. The number of nitrogens with one attached hydrogen (secondary N) is 1. The zero-order valence-electron chi connectivity index (χ0n) is 15.1. The molecule has 2 aromatic carbocycles. The van der Waals surface area contributed by atoms with Gasteiger partial charge in [-0.2, -0.15) is 10.2 Å². The summed E-state index contributed by atoms with van der Waals surface area (Å²) < 4.78 is 11.0. The van der Waals surface area contributed by atoms with Crippen LogP contribution >= 0.6 is 0 Å². The van der Waals surface area contributed by atoms with Crippen LogP contribution in [0, 0.1) is 6.92 Å². The summed E-state index contributed by atoms with van der Waals surface area (Å²) in [6.45, 7) is 2.12. The summed E-state index contributed by atoms with van der Waals surface area (Å²) >= 11 is 0. The van der Waals surface area contributed by atoms with Gasteiger partial charge >= 0.3 is 6.03 Å². The summed E-state index contributed by atoms with van der Waals surface area (Å²) in [4.78, 5) is 10.8. The molecule has 4 rings (SSSR count). The Labute approximate surface area is 160 Å². The van der Waals surface area contributed by atoms with Gasteiger partial charge in [-0.15, -0.1) is 5.10 Å². The van der Waals surface area contributed by atoms with E-state index >= 15 is 0 Å². The number of primary amides is 1. The highest BCUT2D eigenvalue weighted by Gasteiger charge is 2.23. The Kier molecular flexibility index (Phi) is 4.40. The quantitative estimate of drug-likeness (QED) is 0.425. The second kappa shape index (κ2) is 7.03. The summed E-state index contributed by atoms with van der Waals surface area (Å²) in [6, 6.07) is 8.77. The maximum Gasteiger partial charge on any atom is 0.332 e. The topological polar surface area (TPSA) is 137 Å². The standard InChI is InChI=1S/C19H18N6O3/c1-10-4-11(2-3-15(10)20)18-14-7-17-16(27-9-28-17)6-12(14)5-13(23-24-18)8-22-25-19(21)26/h2-4,6-8H,5,9,20H2,1H3,(H3,21,25,26). The first kappa shape index (κ1) is 17.5. The van der Waals surface area contributed by atoms with E-state index in [-0.39, 0.29) is 6.79 Å². The lowest BCUT2D eigenvalue weighted by Crippen LogP contribution is -2.25. The molecule has 0 spiro atoms. The second-order valence-corrected chi connectivity index (χ2v) is 6.38. The number of fused-ring (bicyclic) bond motifs is 2. The number of amides is 2. The van der Waals surface area contributed by atoms with Gasteiger partial charge in [0.25, 0.3) is 0 Å². The molecule has 0 saturated heterocycles. The van der Waals surface area contributed by atoms with E-state index in [9.17, 15) is 4.79 Å². The van der Waals surface area contributed by atoms with Crippen molar-refractivity contribution in [3.63, 3.8) is 0 Å². The first-order chi connectivity index (χ1) is 13.5. The Balaban J connectivity index is 1.81. The van der Waals surface area contributed by atoms with Crippen LogP contribution < -0.4 is 26.4 Å². The number of ether oxygens (including phenoxy) is 2. The molecule has 0 unspecified atom stereocenters. The van der Waals surface area contributed by atoms with Crippen LogP contribution in [-0.2, 0) is 6.42 Å². The number of aryl methyl sites for hydroxylation is 1. The molecule has 0 aromatic heterocycles. The van der Waals surface area contributed by atoms with Gasteiger partial charge in [-0.3, -0.25) is 0 Å². The lowest BCUT2D eigenvalue weighted by molar-refractivity contribution is 0.174. The average molecular weight is 378 g/mol. The number of nitrogens with zero attached hydrogens (tertiary/aromatic N) is 3. The summed E-state index contributed by atoms with van der Waals surface area (Å²) in [6.07, 6.45) is 1.86. The molecule has 2 amide bonds. The predicted molar refractivity (Wildman–Crippen MR) is 106 cm³/mol. The van der Waals surface area contributed by atoms with Gasteiger partial charge in [0, 0.05) is 23.2 Å². The SMILES string of the molecule is Cc1cc(C2=NN=C(C=NNC(N)=O)Cc3cc4c(cc32)OCO4)ccc1N. The minimum atomic E-state index is -0.754. The molecule has 2 aromatic rings. The van der Waals surface area contributed by atoms with Gasteiger partial charge < -0.3 is 20.9 Å². The van der Waals surface area contributed by atoms with E-state index in [2.05, 4.69) is 20.7 Å². The van der Waals surface area contributed by atoms with Crippen LogP contribution in [0.4, 0.5) is 10.5 Å². The van der Waals surface area contributed by atoms with Gasteiger partial charge in [-0.1, -0.05) is 6.07 Å². The number of urea groups is 1. The van der Waals surface area contributed by atoms with Gasteiger partial charge in [0.05, 0.1) is 11.9 Å². The van der Waals surface area contributed by atoms with E-state index in [1.807, 2.05) is 37.3 Å². The molecular formula is C19H18N6O3. The zero-order valence-corrected chi connectivity index (χ0v) is 15.1. The van der Waals surface area contributed by atoms with E-state index < -0.39 is 6.03 Å². The van der Waals surface area contributed by atoms with Gasteiger partial charge in [-0.25, -0.2) is 10.2 Å². The smallest absolute Gasteiger partial charge is 0.332 e. The normalized spacial score (nSPS) is 14.9. The van der Waals surface area contributed by atoms with Crippen LogP contribution in [0.3, 0.4) is 0 Å². The van der Waals surface area contributed by atoms with Crippen molar-refractivity contribution in [3.8, 4) is 11.5 Å². The molecule has 0 aliphatic carbocycles. The Morgan fingerprint density at radius 3 is 2.75 bits per heavy atom. The third-order valence-electron chi connectivity index (χ3n) is 4.44. The number of carbonyl (C=O) groups excluding carboxylic acids is 1. The van der Waals surface area contributed by atoms with Crippen LogP contribution in [0.2, 0.25) is 0 Å². The third-order valence-corrected chi connectivity index (χ3v) is 4.44. The lowest BCUT2D eigenvalue weighted by atomic mass is 9.93. The first-order valence-corrected chi connectivity index (χ1v) is 8.53. The molecule has 0 radical (unpaired) electrons. The number of nitrogen functional groups attached to an aromatic ring is 1. The molecular weight excluding hydrogens is 360 g/mol. The van der Waals surface area contributed by atoms with Crippen molar-refractivity contribution in [2.75, 3.05) is 12.5 Å². The molecule has 2 aliphatic heterocycles. The third kappa shape index (κ3) is 3.37. The van der Waals surface area contributed by atoms with Crippen molar-refractivity contribution < 1.29 is 14.3 Å². The van der Waals surface area contributed by atoms with Crippen molar-refractivity contribution >= 4 is 29.4 Å². The fraction of sp³-hybridized carbons (Fsp3) is 0.158. The zero-order chi connectivity index (χ0) is 19.7. The monoisotopic (exact) mass is 378 g/mol. The number of hydrogen-bond donors (Lipinski definition) is 3. The summed E-state index contributed by atoms with van der Waals surface area (Å²) in [5.41, 5.74) is 18.7. The van der Waals surface area contributed by atoms with Gasteiger partial charge in [0.15, 0.2) is 11.5 Å². The van der Waals surface area contributed by atoms with Crippen LogP contribution in [0.15, 0.2) is 45.6 Å². The first-order valence-electron chi connectivity index (χ1n) is 8.53. The highest BCUT2D eigenvalue weighted by molar-refractivity contribution is 6.32. The maximum atomic E-state index is 10.8. The average Bonchev–Trinajstić information content (AvgIpc) is 3.03. The molecule has 9 nitrogen and oxygen atoms in total. The highest BCUT2D eigenvalue weighted by atomic mass is 16.7. The minimum absolute atomic E-state index is 0.177. The Hall–Kier alpha value is -3.88. The fourth-order valence-corrected chi connectivity index (χ4v) is 3.03. The van der Waals surface area contributed by atoms with Crippen LogP contribution in [-0.4, -0.2) is 30.5 Å². The van der Waals surface area contributed by atoms with E-state index in [1.165, 1.54) is 6.21 Å². The molecule has 0 saturated carbocycles. The predicted octanol–water partition coefficient (Wildman–Crippen LogP) is 1.71. The molecule has 0 atom stereocenters. The van der Waals surface area contributed by atoms with Gasteiger partial charge in [0.1, 0.15) is 5.71 Å². The summed E-state index contributed by atoms with van der Waals surface area (Å²) in [5.74, 6) is 1.33. The summed E-state index contributed by atoms with van der Waals surface area (Å²) in [5, 5.41) is 12.5. The molecule has 28 heavy (non-hydrogen) atoms. The Morgan fingerprint density at radius 2 is 2.00 bits per heavy atom. The van der Waals surface area contributed by atoms with Crippen molar-refractivity contribution in [1.82, 2.24) is 5.43 Å². The number of anilines is 1. The van der Waals surface area contributed by atoms with Crippen LogP contribution in [0.5, 0.6) is 11.5 Å². The number of benzene rings is 2. The molecule has 5 N–H and O–H groups in total. The van der Waals surface area contributed by atoms with Gasteiger partial charge in [0.2, 0.25) is 6.79 Å². The lowest BCUT2D eigenvalue weighted by Gasteiger charge is -2.12. The van der Waals surface area contributed by atoms with E-state index in [1.54, 1.807) is 0 Å². The molecule has 142 valence electrons. The van der Waals surface area contributed by atoms with E-state index in [0.29, 0.717) is 35.0 Å².